The van der Waals surface area contributed by atoms with Crippen molar-refractivity contribution >= 4 is 38.8 Å². The van der Waals surface area contributed by atoms with Crippen molar-refractivity contribution in [3.63, 3.8) is 0 Å². The quantitative estimate of drug-likeness (QED) is 0.687. The minimum absolute atomic E-state index is 0.200. The number of ketones is 1. The number of nitrogens with one attached hydrogen (secondary N) is 2. The molecular formula is C19H19FN2O5S. The van der Waals surface area contributed by atoms with Crippen molar-refractivity contribution in [1.29, 1.82) is 0 Å². The van der Waals surface area contributed by atoms with Gasteiger partial charge in [-0.05, 0) is 50.2 Å². The van der Waals surface area contributed by atoms with Crippen LogP contribution >= 0.6 is 0 Å². The molecule has 1 atom stereocenters. The Bertz CT molecular complexity index is 1000. The standard InChI is InChI=1S/C19H19FN2O5S/c1-12(23)14-4-3-5-17(10-14)22-19(25)13(2)28(26,27)11-18(24)21-16-8-6-15(20)7-9-16/h3-10,13H,11H2,1-2H3,(H,21,24)(H,22,25). The van der Waals surface area contributed by atoms with E-state index in [0.717, 1.165) is 12.1 Å². The second-order valence-corrected chi connectivity index (χ2v) is 8.45. The van der Waals surface area contributed by atoms with Gasteiger partial charge in [-0.15, -0.1) is 0 Å². The van der Waals surface area contributed by atoms with Gasteiger partial charge in [0.1, 0.15) is 16.8 Å². The van der Waals surface area contributed by atoms with Crippen molar-refractivity contribution in [1.82, 2.24) is 0 Å². The second-order valence-electron chi connectivity index (χ2n) is 6.13. The summed E-state index contributed by atoms with van der Waals surface area (Å²) in [6, 6.07) is 10.9. The number of benzene rings is 2. The Hall–Kier alpha value is -3.07. The summed E-state index contributed by atoms with van der Waals surface area (Å²) >= 11 is 0. The zero-order valence-electron chi connectivity index (χ0n) is 15.2. The van der Waals surface area contributed by atoms with E-state index in [4.69, 9.17) is 0 Å². The maximum absolute atomic E-state index is 12.9. The van der Waals surface area contributed by atoms with Crippen LogP contribution in [0.15, 0.2) is 48.5 Å². The van der Waals surface area contributed by atoms with Crippen LogP contribution in [0.3, 0.4) is 0 Å². The van der Waals surface area contributed by atoms with E-state index < -0.39 is 38.5 Å². The van der Waals surface area contributed by atoms with Gasteiger partial charge in [-0.2, -0.15) is 0 Å². The molecule has 0 aliphatic carbocycles. The Morgan fingerprint density at radius 1 is 1.00 bits per heavy atom. The molecule has 2 aromatic rings. The molecule has 7 nitrogen and oxygen atoms in total. The number of hydrogen-bond acceptors (Lipinski definition) is 5. The highest BCUT2D eigenvalue weighted by molar-refractivity contribution is 7.93. The molecule has 2 N–H and O–H groups in total. The van der Waals surface area contributed by atoms with Crippen LogP contribution in [0.5, 0.6) is 0 Å². The minimum atomic E-state index is -4.10. The number of halogens is 1. The Kier molecular flexibility index (Phi) is 6.63. The van der Waals surface area contributed by atoms with E-state index in [0.29, 0.717) is 5.56 Å². The van der Waals surface area contributed by atoms with Crippen LogP contribution in [-0.2, 0) is 19.4 Å². The molecular weight excluding hydrogens is 387 g/mol. The predicted molar refractivity (Wildman–Crippen MR) is 103 cm³/mol. The first-order valence-electron chi connectivity index (χ1n) is 8.27. The highest BCUT2D eigenvalue weighted by Gasteiger charge is 2.30. The lowest BCUT2D eigenvalue weighted by molar-refractivity contribution is -0.115. The molecule has 2 amide bonds. The highest BCUT2D eigenvalue weighted by Crippen LogP contribution is 2.14. The first-order valence-corrected chi connectivity index (χ1v) is 9.99. The number of carbonyl (C=O) groups is 3. The third-order valence-electron chi connectivity index (χ3n) is 3.90. The number of anilines is 2. The lowest BCUT2D eigenvalue weighted by Crippen LogP contribution is -2.37. The monoisotopic (exact) mass is 406 g/mol. The molecule has 0 aliphatic rings. The van der Waals surface area contributed by atoms with Gasteiger partial charge in [0.15, 0.2) is 15.6 Å². The van der Waals surface area contributed by atoms with Gasteiger partial charge in [-0.1, -0.05) is 12.1 Å². The van der Waals surface area contributed by atoms with Crippen molar-refractivity contribution in [2.45, 2.75) is 19.1 Å². The number of sulfone groups is 1. The van der Waals surface area contributed by atoms with Crippen LogP contribution in [0.1, 0.15) is 24.2 Å². The largest absolute Gasteiger partial charge is 0.325 e. The van der Waals surface area contributed by atoms with Gasteiger partial charge in [0.2, 0.25) is 11.8 Å². The zero-order chi connectivity index (χ0) is 20.9. The first kappa shape index (κ1) is 21.2. The second kappa shape index (κ2) is 8.75. The summed E-state index contributed by atoms with van der Waals surface area (Å²) in [6.07, 6.45) is 0. The molecule has 28 heavy (non-hydrogen) atoms. The molecule has 0 heterocycles. The predicted octanol–water partition coefficient (Wildman–Crippen LogP) is 2.41. The molecule has 148 valence electrons. The van der Waals surface area contributed by atoms with E-state index in [9.17, 15) is 27.2 Å². The summed E-state index contributed by atoms with van der Waals surface area (Å²) in [5.41, 5.74) is 0.877. The fourth-order valence-electron chi connectivity index (χ4n) is 2.26. The number of hydrogen-bond donors (Lipinski definition) is 2. The van der Waals surface area contributed by atoms with Gasteiger partial charge in [0, 0.05) is 16.9 Å². The van der Waals surface area contributed by atoms with Crippen molar-refractivity contribution < 1.29 is 27.2 Å². The van der Waals surface area contributed by atoms with Crippen LogP contribution in [-0.4, -0.2) is 37.0 Å². The molecule has 2 rings (SSSR count). The smallest absolute Gasteiger partial charge is 0.242 e. The average Bonchev–Trinajstić information content (AvgIpc) is 2.62. The molecule has 0 aliphatic heterocycles. The SMILES string of the molecule is CC(=O)c1cccc(NC(=O)C(C)S(=O)(=O)CC(=O)Nc2ccc(F)cc2)c1. The van der Waals surface area contributed by atoms with Crippen LogP contribution in [0.4, 0.5) is 15.8 Å². The van der Waals surface area contributed by atoms with Gasteiger partial charge < -0.3 is 10.6 Å². The number of Topliss-reactive ketones (excluding diaryl/α,β-unsaturated/α-hetero) is 1. The van der Waals surface area contributed by atoms with Crippen LogP contribution in [0, 0.1) is 5.82 Å². The summed E-state index contributed by atoms with van der Waals surface area (Å²) < 4.78 is 37.6. The average molecular weight is 406 g/mol. The Labute approximate surface area is 161 Å². The van der Waals surface area contributed by atoms with Crippen molar-refractivity contribution in [2.24, 2.45) is 0 Å². The van der Waals surface area contributed by atoms with Crippen LogP contribution in [0.2, 0.25) is 0 Å². The number of carbonyl (C=O) groups excluding carboxylic acids is 3. The van der Waals surface area contributed by atoms with Crippen molar-refractivity contribution in [2.75, 3.05) is 16.4 Å². The highest BCUT2D eigenvalue weighted by atomic mass is 32.2. The third-order valence-corrected chi connectivity index (χ3v) is 5.86. The lowest BCUT2D eigenvalue weighted by atomic mass is 10.1. The van der Waals surface area contributed by atoms with Crippen LogP contribution in [0.25, 0.3) is 0 Å². The van der Waals surface area contributed by atoms with E-state index >= 15 is 0 Å². The molecule has 0 spiro atoms. The number of rotatable bonds is 7. The third kappa shape index (κ3) is 5.71. The Morgan fingerprint density at radius 3 is 2.25 bits per heavy atom. The Morgan fingerprint density at radius 2 is 1.64 bits per heavy atom. The van der Waals surface area contributed by atoms with Gasteiger partial charge >= 0.3 is 0 Å². The van der Waals surface area contributed by atoms with Gasteiger partial charge in [-0.25, -0.2) is 12.8 Å². The van der Waals surface area contributed by atoms with Crippen LogP contribution < -0.4 is 10.6 Å². The van der Waals surface area contributed by atoms with Gasteiger partial charge in [0.25, 0.3) is 0 Å². The first-order chi connectivity index (χ1) is 13.1. The van der Waals surface area contributed by atoms with Crippen molar-refractivity contribution in [3.05, 3.63) is 59.9 Å². The molecule has 9 heteroatoms. The number of amides is 2. The summed E-state index contributed by atoms with van der Waals surface area (Å²) in [7, 11) is -4.10. The molecule has 0 bridgehead atoms. The summed E-state index contributed by atoms with van der Waals surface area (Å²) in [4.78, 5) is 35.6. The van der Waals surface area contributed by atoms with E-state index in [-0.39, 0.29) is 17.2 Å². The zero-order valence-corrected chi connectivity index (χ0v) is 16.0. The van der Waals surface area contributed by atoms with E-state index in [2.05, 4.69) is 10.6 Å². The van der Waals surface area contributed by atoms with Gasteiger partial charge in [-0.3, -0.25) is 14.4 Å². The van der Waals surface area contributed by atoms with E-state index in [1.807, 2.05) is 0 Å². The molecule has 0 saturated carbocycles. The van der Waals surface area contributed by atoms with Gasteiger partial charge in [0.05, 0.1) is 0 Å². The fourth-order valence-corrected chi connectivity index (χ4v) is 3.33. The molecule has 2 aromatic carbocycles. The lowest BCUT2D eigenvalue weighted by Gasteiger charge is -2.14. The Balaban J connectivity index is 2.02. The van der Waals surface area contributed by atoms with E-state index in [1.165, 1.54) is 38.1 Å². The molecule has 0 fully saturated rings. The fraction of sp³-hybridized carbons (Fsp3) is 0.211. The van der Waals surface area contributed by atoms with E-state index in [1.54, 1.807) is 12.1 Å². The maximum atomic E-state index is 12.9. The molecule has 0 radical (unpaired) electrons. The normalized spacial score (nSPS) is 12.1. The maximum Gasteiger partial charge on any atom is 0.242 e. The molecule has 0 aromatic heterocycles. The minimum Gasteiger partial charge on any atom is -0.325 e. The summed E-state index contributed by atoms with van der Waals surface area (Å²) in [5, 5.41) is 3.27. The summed E-state index contributed by atoms with van der Waals surface area (Å²) in [6.45, 7) is 2.54. The van der Waals surface area contributed by atoms with Crippen molar-refractivity contribution in [3.8, 4) is 0 Å². The molecule has 0 saturated heterocycles. The summed E-state index contributed by atoms with van der Waals surface area (Å²) in [5.74, 6) is -3.27. The molecule has 1 unspecified atom stereocenters. The topological polar surface area (TPSA) is 109 Å².